The van der Waals surface area contributed by atoms with Crippen LogP contribution in [0.1, 0.15) is 12.5 Å². The molecule has 1 rings (SSSR count). The van der Waals surface area contributed by atoms with E-state index in [-0.39, 0.29) is 18.3 Å². The molecule has 100 valence electrons. The smallest absolute Gasteiger partial charge is 0.248 e. The molecule has 0 saturated heterocycles. The summed E-state index contributed by atoms with van der Waals surface area (Å²) in [5.74, 6) is -0.365. The number of amides is 1. The van der Waals surface area contributed by atoms with Crippen molar-refractivity contribution in [3.05, 3.63) is 29.6 Å². The molecule has 0 aromatic heterocycles. The van der Waals surface area contributed by atoms with Crippen molar-refractivity contribution in [3.8, 4) is 5.75 Å². The van der Waals surface area contributed by atoms with Gasteiger partial charge >= 0.3 is 0 Å². The number of benzene rings is 1. The molecule has 4 nitrogen and oxygen atoms in total. The molecular weight excluding hydrogens is 237 g/mol. The maximum absolute atomic E-state index is 13.5. The van der Waals surface area contributed by atoms with Gasteiger partial charge in [-0.3, -0.25) is 4.79 Å². The molecule has 18 heavy (non-hydrogen) atoms. The summed E-state index contributed by atoms with van der Waals surface area (Å²) >= 11 is 0. The number of methoxy groups -OCH3 is 1. The molecule has 1 aromatic rings. The molecule has 0 spiro atoms. The Hall–Kier alpha value is -1.62. The first kappa shape index (κ1) is 14.4. The van der Waals surface area contributed by atoms with Gasteiger partial charge in [0.15, 0.2) is 11.6 Å². The molecule has 0 radical (unpaired) electrons. The summed E-state index contributed by atoms with van der Waals surface area (Å²) in [6.45, 7) is 2.71. The number of likely N-dealkylation sites (N-methyl/N-ethyl adjacent to an activating group) is 1. The van der Waals surface area contributed by atoms with Gasteiger partial charge in [0.2, 0.25) is 5.91 Å². The number of hydrogen-bond donors (Lipinski definition) is 0. The molecule has 0 atom stereocenters. The first-order chi connectivity index (χ1) is 8.58. The Morgan fingerprint density at radius 2 is 2.17 bits per heavy atom. The molecule has 0 bridgehead atoms. The van der Waals surface area contributed by atoms with Crippen LogP contribution in [0.3, 0.4) is 0 Å². The molecule has 1 amide bonds. The monoisotopic (exact) mass is 255 g/mol. The lowest BCUT2D eigenvalue weighted by Gasteiger charge is -2.17. The highest BCUT2D eigenvalue weighted by atomic mass is 19.1. The van der Waals surface area contributed by atoms with Crippen molar-refractivity contribution >= 4 is 5.91 Å². The second-order valence-corrected chi connectivity index (χ2v) is 3.86. The fourth-order valence-electron chi connectivity index (χ4n) is 1.47. The van der Waals surface area contributed by atoms with E-state index in [1.807, 2.05) is 6.92 Å². The molecule has 0 fully saturated rings. The summed E-state index contributed by atoms with van der Waals surface area (Å²) in [6, 6.07) is 4.64. The van der Waals surface area contributed by atoms with Crippen molar-refractivity contribution in [2.24, 2.45) is 0 Å². The predicted octanol–water partition coefficient (Wildman–Crippen LogP) is 1.83. The summed E-state index contributed by atoms with van der Waals surface area (Å²) in [5.41, 5.74) is 0.709. The van der Waals surface area contributed by atoms with E-state index in [4.69, 9.17) is 9.47 Å². The van der Waals surface area contributed by atoms with E-state index in [0.29, 0.717) is 18.7 Å². The highest BCUT2D eigenvalue weighted by molar-refractivity contribution is 5.77. The highest BCUT2D eigenvalue weighted by Crippen LogP contribution is 2.18. The summed E-state index contributed by atoms with van der Waals surface area (Å²) < 4.78 is 23.3. The van der Waals surface area contributed by atoms with Crippen LogP contribution in [0.2, 0.25) is 0 Å². The predicted molar refractivity (Wildman–Crippen MR) is 65.9 cm³/mol. The molecule has 0 aliphatic carbocycles. The van der Waals surface area contributed by atoms with Crippen LogP contribution in [-0.2, 0) is 16.1 Å². The Morgan fingerprint density at radius 1 is 1.44 bits per heavy atom. The fraction of sp³-hybridized carbons (Fsp3) is 0.462. The third kappa shape index (κ3) is 4.00. The van der Waals surface area contributed by atoms with E-state index >= 15 is 0 Å². The maximum Gasteiger partial charge on any atom is 0.248 e. The Bertz CT molecular complexity index is 409. The number of nitrogens with zero attached hydrogens (tertiary/aromatic N) is 1. The zero-order valence-electron chi connectivity index (χ0n) is 10.9. The third-order valence-corrected chi connectivity index (χ3v) is 2.49. The summed E-state index contributed by atoms with van der Waals surface area (Å²) in [5, 5.41) is 0. The zero-order chi connectivity index (χ0) is 13.5. The van der Waals surface area contributed by atoms with Gasteiger partial charge in [0.1, 0.15) is 6.61 Å². The van der Waals surface area contributed by atoms with Crippen LogP contribution >= 0.6 is 0 Å². The third-order valence-electron chi connectivity index (χ3n) is 2.49. The van der Waals surface area contributed by atoms with E-state index in [0.717, 1.165) is 0 Å². The molecule has 1 aromatic carbocycles. The van der Waals surface area contributed by atoms with Crippen LogP contribution in [0.4, 0.5) is 4.39 Å². The van der Waals surface area contributed by atoms with Crippen molar-refractivity contribution in [1.29, 1.82) is 0 Å². The average molecular weight is 255 g/mol. The lowest BCUT2D eigenvalue weighted by Crippen LogP contribution is -2.29. The van der Waals surface area contributed by atoms with Crippen molar-refractivity contribution in [2.45, 2.75) is 13.5 Å². The van der Waals surface area contributed by atoms with Crippen LogP contribution in [0.5, 0.6) is 5.75 Å². The van der Waals surface area contributed by atoms with Gasteiger partial charge in [0, 0.05) is 20.2 Å². The molecule has 0 unspecified atom stereocenters. The molecular formula is C13H18FNO3. The molecule has 0 aliphatic rings. The summed E-state index contributed by atoms with van der Waals surface area (Å²) in [6.07, 6.45) is 0. The van der Waals surface area contributed by atoms with Crippen LogP contribution in [0, 0.1) is 5.82 Å². The van der Waals surface area contributed by atoms with E-state index in [9.17, 15) is 9.18 Å². The minimum Gasteiger partial charge on any atom is -0.494 e. The summed E-state index contributed by atoms with van der Waals surface area (Å²) in [7, 11) is 3.07. The van der Waals surface area contributed by atoms with Gasteiger partial charge in [0.05, 0.1) is 7.11 Å². The molecule has 0 heterocycles. The van der Waals surface area contributed by atoms with Gasteiger partial charge in [-0.15, -0.1) is 0 Å². The minimum atomic E-state index is -0.430. The van der Waals surface area contributed by atoms with Crippen molar-refractivity contribution in [3.63, 3.8) is 0 Å². The standard InChI is InChI=1S/C13H18FNO3/c1-4-18-9-13(16)15(2)8-10-5-6-12(17-3)11(14)7-10/h5-7H,4,8-9H2,1-3H3. The molecule has 0 N–H and O–H groups in total. The van der Waals surface area contributed by atoms with Crippen LogP contribution in [-0.4, -0.2) is 38.2 Å². The summed E-state index contributed by atoms with van der Waals surface area (Å²) in [4.78, 5) is 13.1. The number of carbonyl (C=O) groups is 1. The topological polar surface area (TPSA) is 38.8 Å². The Balaban J connectivity index is 2.61. The normalized spacial score (nSPS) is 10.2. The Labute approximate surface area is 106 Å². The van der Waals surface area contributed by atoms with Crippen molar-refractivity contribution in [2.75, 3.05) is 27.4 Å². The molecule has 5 heteroatoms. The van der Waals surface area contributed by atoms with Crippen molar-refractivity contribution in [1.82, 2.24) is 4.90 Å². The first-order valence-corrected chi connectivity index (χ1v) is 5.72. The lowest BCUT2D eigenvalue weighted by molar-refractivity contribution is -0.135. The number of hydrogen-bond acceptors (Lipinski definition) is 3. The van der Waals surface area contributed by atoms with Crippen LogP contribution in [0.15, 0.2) is 18.2 Å². The SMILES string of the molecule is CCOCC(=O)N(C)Cc1ccc(OC)c(F)c1. The number of halogens is 1. The van der Waals surface area contributed by atoms with E-state index < -0.39 is 5.82 Å². The number of ether oxygens (including phenoxy) is 2. The van der Waals surface area contributed by atoms with Gasteiger partial charge in [-0.05, 0) is 24.6 Å². The molecule has 0 aliphatic heterocycles. The fourth-order valence-corrected chi connectivity index (χ4v) is 1.47. The van der Waals surface area contributed by atoms with Gasteiger partial charge in [-0.1, -0.05) is 6.07 Å². The Morgan fingerprint density at radius 3 is 2.72 bits per heavy atom. The quantitative estimate of drug-likeness (QED) is 0.778. The zero-order valence-corrected chi connectivity index (χ0v) is 10.9. The maximum atomic E-state index is 13.5. The first-order valence-electron chi connectivity index (χ1n) is 5.72. The largest absolute Gasteiger partial charge is 0.494 e. The van der Waals surface area contributed by atoms with Gasteiger partial charge in [-0.25, -0.2) is 4.39 Å². The van der Waals surface area contributed by atoms with Gasteiger partial charge in [0.25, 0.3) is 0 Å². The van der Waals surface area contributed by atoms with E-state index in [1.54, 1.807) is 19.2 Å². The molecule has 0 saturated carbocycles. The van der Waals surface area contributed by atoms with Crippen molar-refractivity contribution < 1.29 is 18.7 Å². The average Bonchev–Trinajstić information content (AvgIpc) is 2.36. The van der Waals surface area contributed by atoms with Crippen LogP contribution in [0.25, 0.3) is 0 Å². The number of rotatable bonds is 6. The Kier molecular flexibility index (Phi) is 5.58. The number of carbonyl (C=O) groups excluding carboxylic acids is 1. The van der Waals surface area contributed by atoms with Crippen LogP contribution < -0.4 is 4.74 Å². The van der Waals surface area contributed by atoms with Gasteiger partial charge < -0.3 is 14.4 Å². The van der Waals surface area contributed by atoms with E-state index in [1.165, 1.54) is 18.1 Å². The second kappa shape index (κ2) is 6.96. The lowest BCUT2D eigenvalue weighted by atomic mass is 10.2. The van der Waals surface area contributed by atoms with E-state index in [2.05, 4.69) is 0 Å². The highest BCUT2D eigenvalue weighted by Gasteiger charge is 2.10. The second-order valence-electron chi connectivity index (χ2n) is 3.86. The van der Waals surface area contributed by atoms with Gasteiger partial charge in [-0.2, -0.15) is 0 Å². The minimum absolute atomic E-state index is 0.0473.